The molecule has 194 valence electrons. The largest absolute Gasteiger partial charge is 0.363 e. The van der Waals surface area contributed by atoms with Crippen molar-refractivity contribution in [2.45, 2.75) is 18.9 Å². The lowest BCUT2D eigenvalue weighted by Gasteiger charge is -2.29. The molecular formula is C29H22ClFN6O2. The van der Waals surface area contributed by atoms with Gasteiger partial charge in [0.25, 0.3) is 5.91 Å². The van der Waals surface area contributed by atoms with E-state index in [4.69, 9.17) is 17.3 Å². The summed E-state index contributed by atoms with van der Waals surface area (Å²) in [4.78, 5) is 35.8. The minimum absolute atomic E-state index is 0.113. The van der Waals surface area contributed by atoms with Gasteiger partial charge in [-0.3, -0.25) is 9.59 Å². The van der Waals surface area contributed by atoms with E-state index in [9.17, 15) is 14.0 Å². The van der Waals surface area contributed by atoms with Crippen LogP contribution in [0.4, 0.5) is 10.1 Å². The van der Waals surface area contributed by atoms with Gasteiger partial charge in [0.15, 0.2) is 0 Å². The molecule has 0 spiro atoms. The van der Waals surface area contributed by atoms with Crippen molar-refractivity contribution in [1.82, 2.24) is 19.7 Å². The number of nitrogens with two attached hydrogens (primary N) is 1. The highest BCUT2D eigenvalue weighted by Crippen LogP contribution is 2.50. The Morgan fingerprint density at radius 3 is 2.51 bits per heavy atom. The molecule has 1 aliphatic heterocycles. The summed E-state index contributed by atoms with van der Waals surface area (Å²) in [6, 6.07) is 20.3. The van der Waals surface area contributed by atoms with Crippen LogP contribution in [0.1, 0.15) is 40.8 Å². The number of hydrogen-bond acceptors (Lipinski definition) is 5. The van der Waals surface area contributed by atoms with E-state index in [0.717, 1.165) is 16.5 Å². The Kier molecular flexibility index (Phi) is 6.07. The van der Waals surface area contributed by atoms with Crippen LogP contribution in [0.15, 0.2) is 85.2 Å². The van der Waals surface area contributed by atoms with Crippen LogP contribution in [0, 0.1) is 11.7 Å². The second-order valence-corrected chi connectivity index (χ2v) is 9.84. The Morgan fingerprint density at radius 1 is 1.03 bits per heavy atom. The maximum absolute atomic E-state index is 13.9. The zero-order chi connectivity index (χ0) is 27.3. The SMILES string of the molecule is CC1C(=O)N(c2ccc3c(cnn3-c3ccc(F)cc3)c2)C(c2ccccc2Cl)C1c1ccnc(C(N)=O)n1. The minimum atomic E-state index is -0.747. The van der Waals surface area contributed by atoms with Gasteiger partial charge >= 0.3 is 0 Å². The topological polar surface area (TPSA) is 107 Å². The summed E-state index contributed by atoms with van der Waals surface area (Å²) in [5.74, 6) is -2.22. The molecule has 3 aromatic carbocycles. The third kappa shape index (κ3) is 4.21. The fourth-order valence-corrected chi connectivity index (χ4v) is 5.58. The molecule has 0 aliphatic carbocycles. The number of aromatic nitrogens is 4. The second kappa shape index (κ2) is 9.59. The second-order valence-electron chi connectivity index (χ2n) is 9.43. The first-order valence-corrected chi connectivity index (χ1v) is 12.7. The molecule has 2 amide bonds. The molecule has 5 aromatic rings. The van der Waals surface area contributed by atoms with Crippen LogP contribution >= 0.6 is 11.6 Å². The van der Waals surface area contributed by atoms with E-state index in [-0.39, 0.29) is 17.5 Å². The smallest absolute Gasteiger partial charge is 0.286 e. The number of amides is 2. The van der Waals surface area contributed by atoms with Gasteiger partial charge in [-0.1, -0.05) is 36.7 Å². The predicted octanol–water partition coefficient (Wildman–Crippen LogP) is 5.21. The number of carbonyl (C=O) groups excluding carboxylic acids is 2. The lowest BCUT2D eigenvalue weighted by molar-refractivity contribution is -0.120. The van der Waals surface area contributed by atoms with Crippen LogP contribution in [0.2, 0.25) is 5.02 Å². The molecule has 0 radical (unpaired) electrons. The van der Waals surface area contributed by atoms with Gasteiger partial charge in [-0.25, -0.2) is 19.0 Å². The van der Waals surface area contributed by atoms with Crippen molar-refractivity contribution >= 4 is 40.0 Å². The highest BCUT2D eigenvalue weighted by molar-refractivity contribution is 6.31. The molecule has 8 nitrogen and oxygen atoms in total. The molecule has 2 N–H and O–H groups in total. The summed E-state index contributed by atoms with van der Waals surface area (Å²) < 4.78 is 15.2. The molecule has 1 saturated heterocycles. The Bertz CT molecular complexity index is 1740. The predicted molar refractivity (Wildman–Crippen MR) is 145 cm³/mol. The molecule has 0 saturated carbocycles. The zero-order valence-corrected chi connectivity index (χ0v) is 21.5. The number of primary amides is 1. The summed E-state index contributed by atoms with van der Waals surface area (Å²) in [5, 5.41) is 5.80. The Labute approximate surface area is 227 Å². The number of rotatable bonds is 5. The standard InChI is InChI=1S/C29H22ClFN6O2/c1-16-25(23-12-13-33-28(35-23)27(32)38)26(21-4-2-3-5-22(21)30)36(29(16)39)20-10-11-24-17(14-20)15-34-37(24)19-8-6-18(31)7-9-19/h2-16,25-26H,1H3,(H2,32,38). The molecule has 3 atom stereocenters. The van der Waals surface area contributed by atoms with Crippen molar-refractivity contribution in [3.05, 3.63) is 113 Å². The van der Waals surface area contributed by atoms with Crippen molar-refractivity contribution in [1.29, 1.82) is 0 Å². The highest BCUT2D eigenvalue weighted by atomic mass is 35.5. The first-order chi connectivity index (χ1) is 18.8. The van der Waals surface area contributed by atoms with E-state index in [2.05, 4.69) is 15.1 Å². The molecule has 2 aromatic heterocycles. The van der Waals surface area contributed by atoms with Gasteiger partial charge in [0.2, 0.25) is 11.7 Å². The van der Waals surface area contributed by atoms with Crippen LogP contribution in [-0.2, 0) is 4.79 Å². The fourth-order valence-electron chi connectivity index (χ4n) is 5.33. The number of hydrogen-bond donors (Lipinski definition) is 1. The normalized spacial score (nSPS) is 19.1. The Morgan fingerprint density at radius 2 is 1.77 bits per heavy atom. The summed E-state index contributed by atoms with van der Waals surface area (Å²) in [6.07, 6.45) is 3.18. The highest BCUT2D eigenvalue weighted by Gasteiger charge is 2.49. The summed E-state index contributed by atoms with van der Waals surface area (Å²) in [5.41, 5.74) is 8.91. The Hall–Kier alpha value is -4.63. The van der Waals surface area contributed by atoms with E-state index in [1.54, 1.807) is 40.0 Å². The summed E-state index contributed by atoms with van der Waals surface area (Å²) >= 11 is 6.68. The van der Waals surface area contributed by atoms with Crippen LogP contribution < -0.4 is 10.6 Å². The van der Waals surface area contributed by atoms with Gasteiger partial charge < -0.3 is 10.6 Å². The molecule has 3 heterocycles. The van der Waals surface area contributed by atoms with Crippen LogP contribution in [-0.4, -0.2) is 31.6 Å². The zero-order valence-electron chi connectivity index (χ0n) is 20.7. The van der Waals surface area contributed by atoms with Gasteiger partial charge in [0, 0.05) is 34.1 Å². The van der Waals surface area contributed by atoms with Crippen LogP contribution in [0.5, 0.6) is 0 Å². The third-order valence-corrected chi connectivity index (χ3v) is 7.49. The number of carbonyl (C=O) groups is 2. The maximum atomic E-state index is 13.9. The summed E-state index contributed by atoms with van der Waals surface area (Å²) in [6.45, 7) is 1.84. The monoisotopic (exact) mass is 540 g/mol. The van der Waals surface area contributed by atoms with E-state index < -0.39 is 23.8 Å². The molecule has 1 aliphatic rings. The van der Waals surface area contributed by atoms with Gasteiger partial charge in [-0.15, -0.1) is 0 Å². The average Bonchev–Trinajstić information content (AvgIpc) is 3.47. The molecule has 6 rings (SSSR count). The molecule has 0 bridgehead atoms. The third-order valence-electron chi connectivity index (χ3n) is 7.15. The van der Waals surface area contributed by atoms with E-state index in [1.165, 1.54) is 18.3 Å². The fraction of sp³-hybridized carbons (Fsp3) is 0.138. The molecule has 10 heteroatoms. The number of fused-ring (bicyclic) bond motifs is 1. The molecule has 3 unspecified atom stereocenters. The first-order valence-electron chi connectivity index (χ1n) is 12.3. The minimum Gasteiger partial charge on any atom is -0.363 e. The molecule has 39 heavy (non-hydrogen) atoms. The van der Waals surface area contributed by atoms with Crippen LogP contribution in [0.3, 0.4) is 0 Å². The van der Waals surface area contributed by atoms with Crippen molar-refractivity contribution in [2.75, 3.05) is 4.90 Å². The number of anilines is 1. The van der Waals surface area contributed by atoms with Crippen molar-refractivity contribution < 1.29 is 14.0 Å². The van der Waals surface area contributed by atoms with E-state index in [0.29, 0.717) is 22.1 Å². The van der Waals surface area contributed by atoms with Gasteiger partial charge in [-0.2, -0.15) is 5.10 Å². The first kappa shape index (κ1) is 24.7. The van der Waals surface area contributed by atoms with Crippen LogP contribution in [0.25, 0.3) is 16.6 Å². The molecule has 1 fully saturated rings. The van der Waals surface area contributed by atoms with Gasteiger partial charge in [0.05, 0.1) is 29.1 Å². The van der Waals surface area contributed by atoms with Crippen molar-refractivity contribution in [3.63, 3.8) is 0 Å². The number of halogens is 2. The van der Waals surface area contributed by atoms with Crippen molar-refractivity contribution in [2.24, 2.45) is 11.7 Å². The van der Waals surface area contributed by atoms with E-state index >= 15 is 0 Å². The van der Waals surface area contributed by atoms with Gasteiger partial charge in [0.1, 0.15) is 5.82 Å². The van der Waals surface area contributed by atoms with Gasteiger partial charge in [-0.05, 0) is 60.2 Å². The van der Waals surface area contributed by atoms with Crippen molar-refractivity contribution in [3.8, 4) is 5.69 Å². The lowest BCUT2D eigenvalue weighted by Crippen LogP contribution is -2.29. The number of nitrogens with zero attached hydrogens (tertiary/aromatic N) is 5. The Balaban J connectivity index is 1.49. The average molecular weight is 541 g/mol. The maximum Gasteiger partial charge on any atom is 0.286 e. The van der Waals surface area contributed by atoms with E-state index in [1.807, 2.05) is 43.3 Å². The molecular weight excluding hydrogens is 519 g/mol. The quantitative estimate of drug-likeness (QED) is 0.329. The lowest BCUT2D eigenvalue weighted by atomic mass is 9.84. The summed E-state index contributed by atoms with van der Waals surface area (Å²) in [7, 11) is 0. The number of benzene rings is 3.